The van der Waals surface area contributed by atoms with Crippen LogP contribution in [0.2, 0.25) is 0 Å². The minimum Gasteiger partial charge on any atom is -0.511 e. The Hall–Kier alpha value is -2.43. The number of allylic oxidation sites excluding steroid dienone is 2. The average molecular weight is 286 g/mol. The number of carbonyl (C=O) groups is 2. The Morgan fingerprint density at radius 3 is 2.57 bits per heavy atom. The van der Waals surface area contributed by atoms with Crippen molar-refractivity contribution in [3.63, 3.8) is 0 Å². The monoisotopic (exact) mass is 286 g/mol. The molecule has 2 rings (SSSR count). The van der Waals surface area contributed by atoms with E-state index < -0.39 is 0 Å². The van der Waals surface area contributed by atoms with E-state index >= 15 is 0 Å². The van der Waals surface area contributed by atoms with Gasteiger partial charge in [0.15, 0.2) is 5.78 Å². The van der Waals surface area contributed by atoms with Gasteiger partial charge >= 0.3 is 0 Å². The van der Waals surface area contributed by atoms with Crippen LogP contribution in [-0.2, 0) is 4.79 Å². The molecule has 1 aliphatic rings. The maximum absolute atomic E-state index is 11.9. The minimum absolute atomic E-state index is 0.0222. The average Bonchev–Trinajstić information content (AvgIpc) is 2.41. The van der Waals surface area contributed by atoms with Crippen molar-refractivity contribution in [1.29, 1.82) is 0 Å². The number of benzene rings is 1. The highest BCUT2D eigenvalue weighted by atomic mass is 16.3. The lowest BCUT2D eigenvalue weighted by Gasteiger charge is -2.28. The van der Waals surface area contributed by atoms with E-state index in [1.807, 2.05) is 19.9 Å². The fraction of sp³-hybridized carbons (Fsp3) is 0.312. The van der Waals surface area contributed by atoms with Crippen LogP contribution in [0.5, 0.6) is 0 Å². The fourth-order valence-electron chi connectivity index (χ4n) is 2.26. The first-order valence-electron chi connectivity index (χ1n) is 6.73. The third-order valence-electron chi connectivity index (χ3n) is 3.29. The van der Waals surface area contributed by atoms with Crippen molar-refractivity contribution < 1.29 is 14.7 Å². The van der Waals surface area contributed by atoms with Gasteiger partial charge in [-0.15, -0.1) is 0 Å². The van der Waals surface area contributed by atoms with E-state index in [1.54, 1.807) is 24.3 Å². The summed E-state index contributed by atoms with van der Waals surface area (Å²) >= 11 is 0. The zero-order chi connectivity index (χ0) is 15.5. The van der Waals surface area contributed by atoms with Gasteiger partial charge in [-0.3, -0.25) is 9.59 Å². The first-order chi connectivity index (χ1) is 9.89. The molecule has 110 valence electrons. The van der Waals surface area contributed by atoms with Crippen molar-refractivity contribution in [3.8, 4) is 0 Å². The standard InChI is InChI=1S/C16H18N2O3/c1-16(2)8-13(19)12(14(20)9-16)10-17-18-15(21)11-6-4-3-5-7-11/h3-7,10,19H,8-9H2,1-2H3,(H,18,21). The second-order valence-electron chi connectivity index (χ2n) is 5.87. The number of hydrogen-bond acceptors (Lipinski definition) is 4. The van der Waals surface area contributed by atoms with Gasteiger partial charge in [0.25, 0.3) is 5.91 Å². The van der Waals surface area contributed by atoms with Crippen molar-refractivity contribution in [2.24, 2.45) is 10.5 Å². The summed E-state index contributed by atoms with van der Waals surface area (Å²) in [6, 6.07) is 8.64. The van der Waals surface area contributed by atoms with E-state index in [0.717, 1.165) is 0 Å². The van der Waals surface area contributed by atoms with Gasteiger partial charge in [-0.1, -0.05) is 32.0 Å². The third kappa shape index (κ3) is 3.78. The first-order valence-corrected chi connectivity index (χ1v) is 6.73. The molecule has 0 fully saturated rings. The molecular weight excluding hydrogens is 268 g/mol. The quantitative estimate of drug-likeness (QED) is 0.662. The smallest absolute Gasteiger partial charge is 0.271 e. The van der Waals surface area contributed by atoms with Crippen LogP contribution in [0.1, 0.15) is 37.0 Å². The van der Waals surface area contributed by atoms with Crippen LogP contribution < -0.4 is 5.43 Å². The van der Waals surface area contributed by atoms with E-state index in [4.69, 9.17) is 0 Å². The van der Waals surface area contributed by atoms with E-state index in [-0.39, 0.29) is 28.4 Å². The summed E-state index contributed by atoms with van der Waals surface area (Å²) in [7, 11) is 0. The van der Waals surface area contributed by atoms with Gasteiger partial charge in [0, 0.05) is 18.4 Å². The van der Waals surface area contributed by atoms with Crippen LogP contribution in [0.15, 0.2) is 46.8 Å². The third-order valence-corrected chi connectivity index (χ3v) is 3.29. The Morgan fingerprint density at radius 2 is 1.95 bits per heavy atom. The van der Waals surface area contributed by atoms with Gasteiger partial charge < -0.3 is 5.11 Å². The summed E-state index contributed by atoms with van der Waals surface area (Å²) in [6.45, 7) is 3.85. The molecule has 0 atom stereocenters. The molecule has 0 spiro atoms. The highest BCUT2D eigenvalue weighted by Crippen LogP contribution is 2.34. The van der Waals surface area contributed by atoms with Crippen LogP contribution in [0.25, 0.3) is 0 Å². The molecule has 0 radical (unpaired) electrons. The van der Waals surface area contributed by atoms with Gasteiger partial charge in [-0.2, -0.15) is 5.10 Å². The molecule has 5 heteroatoms. The van der Waals surface area contributed by atoms with Gasteiger partial charge in [0.05, 0.1) is 11.8 Å². The highest BCUT2D eigenvalue weighted by molar-refractivity contribution is 6.14. The predicted molar refractivity (Wildman–Crippen MR) is 80.1 cm³/mol. The SMILES string of the molecule is CC1(C)CC(=O)C(C=NNC(=O)c2ccccc2)=C(O)C1. The largest absolute Gasteiger partial charge is 0.511 e. The summed E-state index contributed by atoms with van der Waals surface area (Å²) in [5.74, 6) is -0.508. The lowest BCUT2D eigenvalue weighted by atomic mass is 9.77. The molecule has 0 aromatic heterocycles. The first kappa shape index (κ1) is 15.0. The Balaban J connectivity index is 2.05. The van der Waals surface area contributed by atoms with Crippen molar-refractivity contribution in [2.45, 2.75) is 26.7 Å². The van der Waals surface area contributed by atoms with E-state index in [9.17, 15) is 14.7 Å². The van der Waals surface area contributed by atoms with Crippen LogP contribution >= 0.6 is 0 Å². The molecule has 0 saturated heterocycles. The Kier molecular flexibility index (Phi) is 4.21. The van der Waals surface area contributed by atoms with Crippen LogP contribution in [0.3, 0.4) is 0 Å². The summed E-state index contributed by atoms with van der Waals surface area (Å²) in [5, 5.41) is 13.7. The number of hydrazone groups is 1. The second-order valence-corrected chi connectivity index (χ2v) is 5.87. The van der Waals surface area contributed by atoms with E-state index in [2.05, 4.69) is 10.5 Å². The van der Waals surface area contributed by atoms with Gasteiger partial charge in [-0.05, 0) is 17.5 Å². The molecule has 2 N–H and O–H groups in total. The molecule has 1 aromatic carbocycles. The van der Waals surface area contributed by atoms with Crippen LogP contribution in [0.4, 0.5) is 0 Å². The van der Waals surface area contributed by atoms with Gasteiger partial charge in [0.2, 0.25) is 0 Å². The number of carbonyl (C=O) groups excluding carboxylic acids is 2. The fourth-order valence-corrected chi connectivity index (χ4v) is 2.26. The second kappa shape index (κ2) is 5.91. The Labute approximate surface area is 123 Å². The lowest BCUT2D eigenvalue weighted by Crippen LogP contribution is -2.27. The maximum atomic E-state index is 11.9. The number of ketones is 1. The number of rotatable bonds is 3. The number of nitrogens with zero attached hydrogens (tertiary/aromatic N) is 1. The van der Waals surface area contributed by atoms with E-state index in [0.29, 0.717) is 18.4 Å². The molecule has 21 heavy (non-hydrogen) atoms. The van der Waals surface area contributed by atoms with Gasteiger partial charge in [-0.25, -0.2) is 5.43 Å². The number of hydrogen-bond donors (Lipinski definition) is 2. The number of amides is 1. The molecule has 0 unspecified atom stereocenters. The Morgan fingerprint density at radius 1 is 1.29 bits per heavy atom. The minimum atomic E-state index is -0.365. The van der Waals surface area contributed by atoms with E-state index in [1.165, 1.54) is 6.21 Å². The molecule has 1 amide bonds. The number of aliphatic hydroxyl groups excluding tert-OH is 1. The van der Waals surface area contributed by atoms with Crippen LogP contribution in [-0.4, -0.2) is 23.0 Å². The summed E-state index contributed by atoms with van der Waals surface area (Å²) < 4.78 is 0. The van der Waals surface area contributed by atoms with Crippen molar-refractivity contribution in [1.82, 2.24) is 5.43 Å². The molecule has 0 saturated carbocycles. The normalized spacial score (nSPS) is 18.1. The predicted octanol–water partition coefficient (Wildman–Crippen LogP) is 2.60. The topological polar surface area (TPSA) is 78.8 Å². The van der Waals surface area contributed by atoms with Crippen molar-refractivity contribution >= 4 is 17.9 Å². The molecule has 0 bridgehead atoms. The molecular formula is C16H18N2O3. The molecule has 0 aliphatic heterocycles. The Bertz CT molecular complexity index is 616. The summed E-state index contributed by atoms with van der Waals surface area (Å²) in [4.78, 5) is 23.7. The maximum Gasteiger partial charge on any atom is 0.271 e. The number of nitrogens with one attached hydrogen (secondary N) is 1. The summed E-state index contributed by atoms with van der Waals surface area (Å²) in [5.41, 5.74) is 2.74. The van der Waals surface area contributed by atoms with Crippen molar-refractivity contribution in [2.75, 3.05) is 0 Å². The van der Waals surface area contributed by atoms with Crippen LogP contribution in [0, 0.1) is 5.41 Å². The molecule has 5 nitrogen and oxygen atoms in total. The zero-order valence-corrected chi connectivity index (χ0v) is 12.1. The number of aliphatic hydroxyl groups is 1. The highest BCUT2D eigenvalue weighted by Gasteiger charge is 2.32. The molecule has 0 heterocycles. The zero-order valence-electron chi connectivity index (χ0n) is 12.1. The number of Topliss-reactive ketones (excluding diaryl/α,β-unsaturated/α-hetero) is 1. The molecule has 1 aliphatic carbocycles. The summed E-state index contributed by atoms with van der Waals surface area (Å²) in [6.07, 6.45) is 1.99. The van der Waals surface area contributed by atoms with Gasteiger partial charge in [0.1, 0.15) is 5.76 Å². The lowest BCUT2D eigenvalue weighted by molar-refractivity contribution is -0.117. The molecule has 1 aromatic rings. The van der Waals surface area contributed by atoms with Crippen molar-refractivity contribution in [3.05, 3.63) is 47.2 Å².